The predicted octanol–water partition coefficient (Wildman–Crippen LogP) is 4.18. The Morgan fingerprint density at radius 2 is 1.95 bits per heavy atom. The van der Waals surface area contributed by atoms with Gasteiger partial charge in [-0.15, -0.1) is 0 Å². The summed E-state index contributed by atoms with van der Waals surface area (Å²) in [7, 11) is 0. The highest BCUT2D eigenvalue weighted by atomic mass is 79.9. The van der Waals surface area contributed by atoms with E-state index in [2.05, 4.69) is 15.9 Å². The van der Waals surface area contributed by atoms with E-state index < -0.39 is 11.6 Å². The molecule has 0 N–H and O–H groups in total. The summed E-state index contributed by atoms with van der Waals surface area (Å²) in [5.41, 5.74) is 0.633. The summed E-state index contributed by atoms with van der Waals surface area (Å²) in [6.45, 7) is -0.0361. The molecule has 0 saturated heterocycles. The zero-order valence-electron chi connectivity index (χ0n) is 9.66. The Balaban J connectivity index is 2.16. The number of hydrogen-bond acceptors (Lipinski definition) is 2. The summed E-state index contributed by atoms with van der Waals surface area (Å²) in [5.74, 6) is -0.433. The van der Waals surface area contributed by atoms with Crippen LogP contribution in [0.5, 0.6) is 5.75 Å². The van der Waals surface area contributed by atoms with Crippen LogP contribution in [-0.2, 0) is 6.61 Å². The Morgan fingerprint density at radius 3 is 2.63 bits per heavy atom. The number of nitrogens with zero attached hydrogens (tertiary/aromatic N) is 1. The first-order valence-corrected chi connectivity index (χ1v) is 6.16. The molecule has 2 aromatic carbocycles. The first-order chi connectivity index (χ1) is 9.10. The van der Waals surface area contributed by atoms with Crippen LogP contribution in [0.2, 0.25) is 0 Å². The maximum absolute atomic E-state index is 13.5. The lowest BCUT2D eigenvalue weighted by molar-refractivity contribution is 0.297. The van der Waals surface area contributed by atoms with Crippen LogP contribution in [0.15, 0.2) is 40.9 Å². The lowest BCUT2D eigenvalue weighted by Gasteiger charge is -2.09. The molecule has 0 unspecified atom stereocenters. The number of nitriles is 1. The Labute approximate surface area is 117 Å². The molecule has 19 heavy (non-hydrogen) atoms. The topological polar surface area (TPSA) is 33.0 Å². The molecule has 0 saturated carbocycles. The normalized spacial score (nSPS) is 10.0. The smallest absolute Gasteiger partial charge is 0.134 e. The van der Waals surface area contributed by atoms with Gasteiger partial charge in [-0.25, -0.2) is 8.78 Å². The van der Waals surface area contributed by atoms with E-state index in [4.69, 9.17) is 10.00 Å². The Kier molecular flexibility index (Phi) is 4.13. The van der Waals surface area contributed by atoms with Gasteiger partial charge in [-0.2, -0.15) is 5.26 Å². The highest BCUT2D eigenvalue weighted by Gasteiger charge is 2.07. The molecule has 0 heterocycles. The molecule has 0 fully saturated rings. The largest absolute Gasteiger partial charge is 0.488 e. The Hall–Kier alpha value is -1.93. The summed E-state index contributed by atoms with van der Waals surface area (Å²) in [4.78, 5) is 0. The van der Waals surface area contributed by atoms with E-state index in [-0.39, 0.29) is 12.2 Å². The number of halogens is 3. The van der Waals surface area contributed by atoms with Crippen LogP contribution in [0.1, 0.15) is 11.1 Å². The fraction of sp³-hybridized carbons (Fsp3) is 0.0714. The number of hydrogen-bond donors (Lipinski definition) is 0. The highest BCUT2D eigenvalue weighted by molar-refractivity contribution is 9.10. The molecule has 2 nitrogen and oxygen atoms in total. The maximum atomic E-state index is 13.5. The van der Waals surface area contributed by atoms with Gasteiger partial charge in [0.05, 0.1) is 16.1 Å². The van der Waals surface area contributed by atoms with Crippen molar-refractivity contribution in [2.75, 3.05) is 0 Å². The van der Waals surface area contributed by atoms with Gasteiger partial charge in [0.2, 0.25) is 0 Å². The second-order valence-electron chi connectivity index (χ2n) is 3.78. The quantitative estimate of drug-likeness (QED) is 0.849. The molecule has 0 spiro atoms. The van der Waals surface area contributed by atoms with Crippen LogP contribution in [0, 0.1) is 23.0 Å². The van der Waals surface area contributed by atoms with Gasteiger partial charge in [-0.1, -0.05) is 0 Å². The predicted molar refractivity (Wildman–Crippen MR) is 69.5 cm³/mol. The Morgan fingerprint density at radius 1 is 1.16 bits per heavy atom. The minimum atomic E-state index is -0.447. The van der Waals surface area contributed by atoms with E-state index in [0.29, 0.717) is 15.8 Å². The van der Waals surface area contributed by atoms with Crippen molar-refractivity contribution in [1.29, 1.82) is 5.26 Å². The fourth-order valence-corrected chi connectivity index (χ4v) is 1.97. The maximum Gasteiger partial charge on any atom is 0.134 e. The highest BCUT2D eigenvalue weighted by Crippen LogP contribution is 2.26. The molecule has 5 heteroatoms. The van der Waals surface area contributed by atoms with E-state index in [9.17, 15) is 8.78 Å². The van der Waals surface area contributed by atoms with Crippen molar-refractivity contribution in [3.63, 3.8) is 0 Å². The second kappa shape index (κ2) is 5.81. The summed E-state index contributed by atoms with van der Waals surface area (Å²) in [5, 5.41) is 8.75. The lowest BCUT2D eigenvalue weighted by Crippen LogP contribution is -2.00. The summed E-state index contributed by atoms with van der Waals surface area (Å²) in [6, 6.07) is 9.93. The zero-order chi connectivity index (χ0) is 13.8. The van der Waals surface area contributed by atoms with Gasteiger partial charge in [0.25, 0.3) is 0 Å². The average Bonchev–Trinajstić information content (AvgIpc) is 2.39. The number of rotatable bonds is 3. The molecule has 96 valence electrons. The van der Waals surface area contributed by atoms with Gasteiger partial charge in [0, 0.05) is 5.56 Å². The SMILES string of the molecule is N#Cc1ccc(F)c(COc2ccc(F)cc2Br)c1. The number of benzene rings is 2. The van der Waals surface area contributed by atoms with Gasteiger partial charge >= 0.3 is 0 Å². The van der Waals surface area contributed by atoms with Crippen LogP contribution in [-0.4, -0.2) is 0 Å². The van der Waals surface area contributed by atoms with Crippen LogP contribution < -0.4 is 4.74 Å². The van der Waals surface area contributed by atoms with Crippen molar-refractivity contribution >= 4 is 15.9 Å². The van der Waals surface area contributed by atoms with Crippen molar-refractivity contribution in [2.24, 2.45) is 0 Å². The zero-order valence-corrected chi connectivity index (χ0v) is 11.2. The molecule has 0 aromatic heterocycles. The van der Waals surface area contributed by atoms with Gasteiger partial charge < -0.3 is 4.74 Å². The molecular weight excluding hydrogens is 316 g/mol. The van der Waals surface area contributed by atoms with Gasteiger partial charge in [0.15, 0.2) is 0 Å². The van der Waals surface area contributed by atoms with Crippen LogP contribution in [0.25, 0.3) is 0 Å². The van der Waals surface area contributed by atoms with E-state index in [1.165, 1.54) is 36.4 Å². The molecule has 0 amide bonds. The summed E-state index contributed by atoms with van der Waals surface area (Å²) >= 11 is 3.16. The molecule has 2 aromatic rings. The monoisotopic (exact) mass is 323 g/mol. The second-order valence-corrected chi connectivity index (χ2v) is 4.64. The van der Waals surface area contributed by atoms with Crippen molar-refractivity contribution in [2.45, 2.75) is 6.61 Å². The Bertz CT molecular complexity index is 652. The minimum absolute atomic E-state index is 0.0361. The molecule has 0 aliphatic rings. The standard InChI is InChI=1S/C14H8BrF2NO/c15-12-6-11(16)2-4-14(12)19-8-10-5-9(7-18)1-3-13(10)17/h1-6H,8H2. The fourth-order valence-electron chi connectivity index (χ4n) is 1.50. The first-order valence-electron chi connectivity index (χ1n) is 5.36. The van der Waals surface area contributed by atoms with E-state index >= 15 is 0 Å². The van der Waals surface area contributed by atoms with Gasteiger partial charge in [-0.3, -0.25) is 0 Å². The van der Waals surface area contributed by atoms with Gasteiger partial charge in [-0.05, 0) is 52.3 Å². The van der Waals surface area contributed by atoms with E-state index in [0.717, 1.165) is 0 Å². The van der Waals surface area contributed by atoms with E-state index in [1.807, 2.05) is 6.07 Å². The minimum Gasteiger partial charge on any atom is -0.488 e. The molecule has 0 atom stereocenters. The third-order valence-electron chi connectivity index (χ3n) is 2.45. The third kappa shape index (κ3) is 3.30. The summed E-state index contributed by atoms with van der Waals surface area (Å²) in [6.07, 6.45) is 0. The van der Waals surface area contributed by atoms with Gasteiger partial charge in [0.1, 0.15) is 24.0 Å². The van der Waals surface area contributed by atoms with Crippen molar-refractivity contribution in [1.82, 2.24) is 0 Å². The molecule has 0 aliphatic carbocycles. The lowest BCUT2D eigenvalue weighted by atomic mass is 10.1. The van der Waals surface area contributed by atoms with Crippen LogP contribution in [0.3, 0.4) is 0 Å². The molecular formula is C14H8BrF2NO. The molecule has 2 rings (SSSR count). The van der Waals surface area contributed by atoms with Crippen LogP contribution >= 0.6 is 15.9 Å². The first kappa shape index (κ1) is 13.5. The molecule has 0 aliphatic heterocycles. The molecule has 0 bridgehead atoms. The average molecular weight is 324 g/mol. The van der Waals surface area contributed by atoms with E-state index in [1.54, 1.807) is 0 Å². The van der Waals surface area contributed by atoms with Crippen molar-refractivity contribution in [3.05, 3.63) is 63.6 Å². The van der Waals surface area contributed by atoms with Crippen molar-refractivity contribution < 1.29 is 13.5 Å². The number of ether oxygens (including phenoxy) is 1. The third-order valence-corrected chi connectivity index (χ3v) is 3.07. The summed E-state index contributed by atoms with van der Waals surface area (Å²) < 4.78 is 32.2. The van der Waals surface area contributed by atoms with Crippen LogP contribution in [0.4, 0.5) is 8.78 Å². The molecule has 0 radical (unpaired) electrons. The van der Waals surface area contributed by atoms with Crippen molar-refractivity contribution in [3.8, 4) is 11.8 Å².